The minimum absolute atomic E-state index is 0.828. The number of nitrogens with one attached hydrogen (secondary N) is 1. The standard InChI is InChI=1S/C10H21NS/c1-3-7-11-9-5-6-10(8-9)12-4-2/h9-11H,3-8H2,1-2H3. The van der Waals surface area contributed by atoms with Crippen LogP contribution < -0.4 is 5.32 Å². The van der Waals surface area contributed by atoms with Gasteiger partial charge in [0.2, 0.25) is 0 Å². The average molecular weight is 187 g/mol. The number of hydrogen-bond donors (Lipinski definition) is 1. The van der Waals surface area contributed by atoms with Crippen LogP contribution in [0.5, 0.6) is 0 Å². The van der Waals surface area contributed by atoms with Crippen LogP contribution in [0.15, 0.2) is 0 Å². The molecule has 72 valence electrons. The highest BCUT2D eigenvalue weighted by atomic mass is 32.2. The second kappa shape index (κ2) is 5.87. The van der Waals surface area contributed by atoms with Gasteiger partial charge in [-0.05, 0) is 38.0 Å². The molecule has 0 heterocycles. The molecule has 1 aliphatic rings. The molecule has 2 unspecified atom stereocenters. The van der Waals surface area contributed by atoms with Gasteiger partial charge in [-0.25, -0.2) is 0 Å². The molecule has 0 bridgehead atoms. The summed E-state index contributed by atoms with van der Waals surface area (Å²) in [7, 11) is 0. The molecular weight excluding hydrogens is 166 g/mol. The molecular formula is C10H21NS. The van der Waals surface area contributed by atoms with Crippen LogP contribution in [0.2, 0.25) is 0 Å². The first-order valence-electron chi connectivity index (χ1n) is 5.21. The van der Waals surface area contributed by atoms with E-state index in [4.69, 9.17) is 0 Å². The van der Waals surface area contributed by atoms with Gasteiger partial charge < -0.3 is 5.32 Å². The molecule has 1 rings (SSSR count). The lowest BCUT2D eigenvalue weighted by molar-refractivity contribution is 0.524. The van der Waals surface area contributed by atoms with Crippen molar-refractivity contribution in [2.45, 2.75) is 50.8 Å². The smallest absolute Gasteiger partial charge is 0.00779 e. The highest BCUT2D eigenvalue weighted by Crippen LogP contribution is 2.29. The summed E-state index contributed by atoms with van der Waals surface area (Å²) >= 11 is 2.14. The van der Waals surface area contributed by atoms with Gasteiger partial charge in [-0.3, -0.25) is 0 Å². The van der Waals surface area contributed by atoms with Crippen LogP contribution in [-0.2, 0) is 0 Å². The third-order valence-corrected chi connectivity index (χ3v) is 3.70. The maximum Gasteiger partial charge on any atom is 0.00779 e. The predicted octanol–water partition coefficient (Wildman–Crippen LogP) is 2.66. The third kappa shape index (κ3) is 3.36. The van der Waals surface area contributed by atoms with E-state index in [0.717, 1.165) is 11.3 Å². The van der Waals surface area contributed by atoms with Crippen molar-refractivity contribution in [1.29, 1.82) is 0 Å². The van der Waals surface area contributed by atoms with Crippen molar-refractivity contribution in [3.8, 4) is 0 Å². The van der Waals surface area contributed by atoms with Crippen molar-refractivity contribution in [3.05, 3.63) is 0 Å². The summed E-state index contributed by atoms with van der Waals surface area (Å²) in [5.41, 5.74) is 0. The van der Waals surface area contributed by atoms with Crippen molar-refractivity contribution in [2.75, 3.05) is 12.3 Å². The van der Waals surface area contributed by atoms with Gasteiger partial charge in [-0.1, -0.05) is 13.8 Å². The monoisotopic (exact) mass is 187 g/mol. The van der Waals surface area contributed by atoms with Crippen molar-refractivity contribution in [2.24, 2.45) is 0 Å². The summed E-state index contributed by atoms with van der Waals surface area (Å²) < 4.78 is 0. The molecule has 2 heteroatoms. The van der Waals surface area contributed by atoms with E-state index in [9.17, 15) is 0 Å². The Balaban J connectivity index is 2.08. The van der Waals surface area contributed by atoms with Gasteiger partial charge in [0, 0.05) is 11.3 Å². The SMILES string of the molecule is CCCNC1CCC(SCC)C1. The minimum Gasteiger partial charge on any atom is -0.314 e. The molecule has 1 fully saturated rings. The summed E-state index contributed by atoms with van der Waals surface area (Å²) in [6, 6.07) is 0.828. The molecule has 0 aromatic carbocycles. The number of hydrogen-bond acceptors (Lipinski definition) is 2. The zero-order valence-electron chi connectivity index (χ0n) is 8.31. The van der Waals surface area contributed by atoms with E-state index in [-0.39, 0.29) is 0 Å². The van der Waals surface area contributed by atoms with E-state index in [0.29, 0.717) is 0 Å². The summed E-state index contributed by atoms with van der Waals surface area (Å²) in [4.78, 5) is 0. The topological polar surface area (TPSA) is 12.0 Å². The minimum atomic E-state index is 0.828. The van der Waals surface area contributed by atoms with Crippen LogP contribution in [0.25, 0.3) is 0 Å². The first-order chi connectivity index (χ1) is 5.86. The Kier molecular flexibility index (Phi) is 5.08. The highest BCUT2D eigenvalue weighted by molar-refractivity contribution is 7.99. The van der Waals surface area contributed by atoms with Crippen LogP contribution in [0.3, 0.4) is 0 Å². The summed E-state index contributed by atoms with van der Waals surface area (Å²) in [5, 5.41) is 4.55. The van der Waals surface area contributed by atoms with E-state index < -0.39 is 0 Å². The molecule has 0 saturated heterocycles. The van der Waals surface area contributed by atoms with Gasteiger partial charge in [-0.2, -0.15) is 11.8 Å². The zero-order chi connectivity index (χ0) is 8.81. The first kappa shape index (κ1) is 10.4. The molecule has 2 atom stereocenters. The molecule has 1 saturated carbocycles. The summed E-state index contributed by atoms with van der Waals surface area (Å²) in [6.07, 6.45) is 5.50. The van der Waals surface area contributed by atoms with Gasteiger partial charge in [-0.15, -0.1) is 0 Å². The number of thioether (sulfide) groups is 1. The fraction of sp³-hybridized carbons (Fsp3) is 1.00. The van der Waals surface area contributed by atoms with Crippen LogP contribution >= 0.6 is 11.8 Å². The lowest BCUT2D eigenvalue weighted by Gasteiger charge is -2.11. The molecule has 0 radical (unpaired) electrons. The van der Waals surface area contributed by atoms with Gasteiger partial charge in [0.15, 0.2) is 0 Å². The van der Waals surface area contributed by atoms with E-state index in [2.05, 4.69) is 30.9 Å². The molecule has 0 aliphatic heterocycles. The zero-order valence-corrected chi connectivity index (χ0v) is 9.12. The Bertz CT molecular complexity index is 116. The van der Waals surface area contributed by atoms with Crippen molar-refractivity contribution < 1.29 is 0 Å². The van der Waals surface area contributed by atoms with Crippen molar-refractivity contribution in [1.82, 2.24) is 5.32 Å². The Hall–Kier alpha value is 0.310. The summed E-state index contributed by atoms with van der Waals surface area (Å²) in [5.74, 6) is 1.28. The van der Waals surface area contributed by atoms with Crippen LogP contribution in [0, 0.1) is 0 Å². The molecule has 1 aliphatic carbocycles. The lowest BCUT2D eigenvalue weighted by Crippen LogP contribution is -2.27. The second-order valence-corrected chi connectivity index (χ2v) is 5.12. The van der Waals surface area contributed by atoms with Crippen molar-refractivity contribution >= 4 is 11.8 Å². The van der Waals surface area contributed by atoms with Crippen molar-refractivity contribution in [3.63, 3.8) is 0 Å². The largest absolute Gasteiger partial charge is 0.314 e. The second-order valence-electron chi connectivity index (χ2n) is 3.54. The average Bonchev–Trinajstić information content (AvgIpc) is 2.50. The lowest BCUT2D eigenvalue weighted by atomic mass is 10.2. The fourth-order valence-electron chi connectivity index (χ4n) is 1.86. The van der Waals surface area contributed by atoms with E-state index in [1.807, 2.05) is 0 Å². The molecule has 1 nitrogen and oxygen atoms in total. The number of rotatable bonds is 5. The molecule has 0 aromatic heterocycles. The quantitative estimate of drug-likeness (QED) is 0.710. The molecule has 0 amide bonds. The molecule has 12 heavy (non-hydrogen) atoms. The molecule has 1 N–H and O–H groups in total. The van der Waals surface area contributed by atoms with E-state index >= 15 is 0 Å². The Labute approximate surface area is 80.7 Å². The van der Waals surface area contributed by atoms with Crippen LogP contribution in [-0.4, -0.2) is 23.6 Å². The summed E-state index contributed by atoms with van der Waals surface area (Å²) in [6.45, 7) is 5.70. The van der Waals surface area contributed by atoms with Crippen LogP contribution in [0.1, 0.15) is 39.5 Å². The van der Waals surface area contributed by atoms with Gasteiger partial charge >= 0.3 is 0 Å². The van der Waals surface area contributed by atoms with Gasteiger partial charge in [0.25, 0.3) is 0 Å². The molecule has 0 spiro atoms. The Morgan fingerprint density at radius 2 is 2.17 bits per heavy atom. The molecule has 0 aromatic rings. The first-order valence-corrected chi connectivity index (χ1v) is 6.26. The van der Waals surface area contributed by atoms with Crippen LogP contribution in [0.4, 0.5) is 0 Å². The third-order valence-electron chi connectivity index (χ3n) is 2.47. The van der Waals surface area contributed by atoms with Gasteiger partial charge in [0.05, 0.1) is 0 Å². The highest BCUT2D eigenvalue weighted by Gasteiger charge is 2.23. The maximum absolute atomic E-state index is 3.61. The maximum atomic E-state index is 3.61. The normalized spacial score (nSPS) is 29.5. The fourth-order valence-corrected chi connectivity index (χ4v) is 3.00. The van der Waals surface area contributed by atoms with Gasteiger partial charge in [0.1, 0.15) is 0 Å². The predicted molar refractivity (Wildman–Crippen MR) is 57.9 cm³/mol. The Morgan fingerprint density at radius 1 is 1.33 bits per heavy atom. The Morgan fingerprint density at radius 3 is 2.83 bits per heavy atom. The van der Waals surface area contributed by atoms with E-state index in [1.165, 1.54) is 38.0 Å². The van der Waals surface area contributed by atoms with E-state index in [1.54, 1.807) is 0 Å².